The molecule has 4 nitrogen and oxygen atoms in total. The first-order valence-electron chi connectivity index (χ1n) is 6.19. The van der Waals surface area contributed by atoms with Crippen LogP contribution in [0.15, 0.2) is 0 Å². The maximum Gasteiger partial charge on any atom is 0.302 e. The summed E-state index contributed by atoms with van der Waals surface area (Å²) in [4.78, 5) is 16.3. The number of ether oxygens (including phenoxy) is 1. The summed E-state index contributed by atoms with van der Waals surface area (Å²) >= 11 is 0. The van der Waals surface area contributed by atoms with Crippen LogP contribution in [0.3, 0.4) is 0 Å². The molecule has 0 N–H and O–H groups in total. The van der Waals surface area contributed by atoms with E-state index in [1.165, 1.54) is 20.0 Å². The van der Waals surface area contributed by atoms with Crippen LogP contribution >= 0.6 is 0 Å². The summed E-state index contributed by atoms with van der Waals surface area (Å²) < 4.78 is 5.59. The topological polar surface area (TPSA) is 32.8 Å². The SMILES string of the molecule is CC(=O)O[C@H]1C2CN3CCN(C2)CC1(C)C3. The Balaban J connectivity index is 1.89. The summed E-state index contributed by atoms with van der Waals surface area (Å²) in [6.45, 7) is 10.5. The van der Waals surface area contributed by atoms with E-state index in [1.807, 2.05) is 0 Å². The van der Waals surface area contributed by atoms with Crippen LogP contribution in [-0.4, -0.2) is 61.1 Å². The molecule has 4 rings (SSSR count). The molecule has 4 aliphatic rings. The first-order valence-corrected chi connectivity index (χ1v) is 6.19. The van der Waals surface area contributed by atoms with Gasteiger partial charge in [0.1, 0.15) is 6.10 Å². The van der Waals surface area contributed by atoms with E-state index < -0.39 is 0 Å². The van der Waals surface area contributed by atoms with E-state index in [-0.39, 0.29) is 17.5 Å². The van der Waals surface area contributed by atoms with Gasteiger partial charge >= 0.3 is 5.97 Å². The van der Waals surface area contributed by atoms with E-state index in [2.05, 4.69) is 16.7 Å². The number of rotatable bonds is 1. The van der Waals surface area contributed by atoms with E-state index in [1.54, 1.807) is 0 Å². The van der Waals surface area contributed by atoms with Gasteiger partial charge in [0.2, 0.25) is 0 Å². The highest BCUT2D eigenvalue weighted by atomic mass is 16.5. The lowest BCUT2D eigenvalue weighted by Crippen LogP contribution is -2.63. The van der Waals surface area contributed by atoms with Gasteiger partial charge in [0.15, 0.2) is 0 Å². The Morgan fingerprint density at radius 2 is 1.81 bits per heavy atom. The Morgan fingerprint density at radius 1 is 1.25 bits per heavy atom. The molecule has 4 fully saturated rings. The molecule has 4 aliphatic heterocycles. The van der Waals surface area contributed by atoms with Gasteiger partial charge in [-0.05, 0) is 0 Å². The number of hydrogen-bond acceptors (Lipinski definition) is 4. The second-order valence-corrected chi connectivity index (χ2v) is 5.91. The van der Waals surface area contributed by atoms with E-state index >= 15 is 0 Å². The average Bonchev–Trinajstić information content (AvgIpc) is 2.39. The molecule has 0 aliphatic carbocycles. The van der Waals surface area contributed by atoms with Crippen molar-refractivity contribution in [1.29, 1.82) is 0 Å². The van der Waals surface area contributed by atoms with Crippen LogP contribution in [0.25, 0.3) is 0 Å². The van der Waals surface area contributed by atoms with Gasteiger partial charge in [0.05, 0.1) is 0 Å². The number of esters is 1. The minimum atomic E-state index is -0.123. The average molecular weight is 224 g/mol. The van der Waals surface area contributed by atoms with Crippen LogP contribution < -0.4 is 0 Å². The standard InChI is InChI=1S/C12H20N2O2/c1-9(15)16-11-10-5-13-3-4-14(6-10)8-12(11,2)7-13/h10-11H,3-8H2,1-2H3/t10?,11-,12?/m0/s1. The zero-order chi connectivity index (χ0) is 11.3. The third kappa shape index (κ3) is 1.55. The maximum absolute atomic E-state index is 11.2. The van der Waals surface area contributed by atoms with E-state index in [4.69, 9.17) is 4.74 Å². The number of piperidine rings is 2. The largest absolute Gasteiger partial charge is 0.461 e. The Bertz CT molecular complexity index is 302. The van der Waals surface area contributed by atoms with Crippen molar-refractivity contribution in [3.63, 3.8) is 0 Å². The Labute approximate surface area is 96.5 Å². The van der Waals surface area contributed by atoms with Crippen LogP contribution in [-0.2, 0) is 9.53 Å². The van der Waals surface area contributed by atoms with Crippen molar-refractivity contribution in [2.24, 2.45) is 11.3 Å². The summed E-state index contributed by atoms with van der Waals surface area (Å²) in [5.41, 5.74) is 0.142. The van der Waals surface area contributed by atoms with Crippen LogP contribution in [0.4, 0.5) is 0 Å². The predicted octanol–water partition coefficient (Wildman–Crippen LogP) is 0.185. The normalized spacial score (nSPS) is 50.1. The van der Waals surface area contributed by atoms with Crippen molar-refractivity contribution < 1.29 is 9.53 Å². The molecule has 2 unspecified atom stereocenters. The van der Waals surface area contributed by atoms with Gasteiger partial charge in [0, 0.05) is 57.5 Å². The number of carbonyl (C=O) groups is 1. The summed E-state index contributed by atoms with van der Waals surface area (Å²) in [5, 5.41) is 0. The van der Waals surface area contributed by atoms with Gasteiger partial charge < -0.3 is 14.5 Å². The van der Waals surface area contributed by atoms with Crippen molar-refractivity contribution in [3.05, 3.63) is 0 Å². The smallest absolute Gasteiger partial charge is 0.302 e. The van der Waals surface area contributed by atoms with Crippen molar-refractivity contribution in [2.75, 3.05) is 39.3 Å². The minimum Gasteiger partial charge on any atom is -0.461 e. The van der Waals surface area contributed by atoms with Gasteiger partial charge in [-0.1, -0.05) is 6.92 Å². The molecule has 0 amide bonds. The van der Waals surface area contributed by atoms with E-state index in [0.717, 1.165) is 26.2 Å². The van der Waals surface area contributed by atoms with Gasteiger partial charge in [-0.3, -0.25) is 4.79 Å². The Hall–Kier alpha value is -0.610. The summed E-state index contributed by atoms with van der Waals surface area (Å²) in [5.74, 6) is 0.390. The van der Waals surface area contributed by atoms with Crippen molar-refractivity contribution >= 4 is 5.97 Å². The molecule has 90 valence electrons. The molecular formula is C12H20N2O2. The van der Waals surface area contributed by atoms with Gasteiger partial charge in [-0.2, -0.15) is 0 Å². The summed E-state index contributed by atoms with van der Waals surface area (Å²) in [7, 11) is 0. The van der Waals surface area contributed by atoms with Gasteiger partial charge in [-0.25, -0.2) is 0 Å². The molecule has 16 heavy (non-hydrogen) atoms. The lowest BCUT2D eigenvalue weighted by atomic mass is 9.71. The molecule has 0 aromatic carbocycles. The molecule has 4 heteroatoms. The third-order valence-corrected chi connectivity index (χ3v) is 4.30. The molecule has 0 aromatic heterocycles. The Kier molecular flexibility index (Phi) is 2.27. The second-order valence-electron chi connectivity index (χ2n) is 5.91. The highest BCUT2D eigenvalue weighted by molar-refractivity contribution is 5.66. The van der Waals surface area contributed by atoms with Crippen LogP contribution in [0.1, 0.15) is 13.8 Å². The summed E-state index contributed by atoms with van der Waals surface area (Å²) in [6.07, 6.45) is 0.135. The highest BCUT2D eigenvalue weighted by Crippen LogP contribution is 2.42. The fourth-order valence-electron chi connectivity index (χ4n) is 3.90. The first kappa shape index (κ1) is 10.5. The number of carbonyl (C=O) groups excluding carboxylic acids is 1. The van der Waals surface area contributed by atoms with Crippen LogP contribution in [0, 0.1) is 11.3 Å². The molecule has 0 aromatic rings. The van der Waals surface area contributed by atoms with E-state index in [0.29, 0.717) is 5.92 Å². The molecule has 0 spiro atoms. The minimum absolute atomic E-state index is 0.123. The second kappa shape index (κ2) is 3.44. The van der Waals surface area contributed by atoms with Crippen molar-refractivity contribution in [3.8, 4) is 0 Å². The summed E-state index contributed by atoms with van der Waals surface area (Å²) in [6, 6.07) is 0. The van der Waals surface area contributed by atoms with Crippen LogP contribution in [0.5, 0.6) is 0 Å². The monoisotopic (exact) mass is 224 g/mol. The van der Waals surface area contributed by atoms with Gasteiger partial charge in [0.25, 0.3) is 0 Å². The first-order chi connectivity index (χ1) is 7.57. The highest BCUT2D eigenvalue weighted by Gasteiger charge is 2.53. The van der Waals surface area contributed by atoms with Crippen LogP contribution in [0.2, 0.25) is 0 Å². The fourth-order valence-corrected chi connectivity index (χ4v) is 3.90. The number of nitrogens with zero attached hydrogens (tertiary/aromatic N) is 2. The van der Waals surface area contributed by atoms with Crippen molar-refractivity contribution in [1.82, 2.24) is 9.80 Å². The maximum atomic E-state index is 11.2. The molecule has 4 bridgehead atoms. The lowest BCUT2D eigenvalue weighted by Gasteiger charge is -2.52. The number of fused-ring (bicyclic) bond motifs is 1. The zero-order valence-electron chi connectivity index (χ0n) is 10.1. The van der Waals surface area contributed by atoms with Crippen molar-refractivity contribution in [2.45, 2.75) is 20.0 Å². The zero-order valence-corrected chi connectivity index (χ0v) is 10.1. The Morgan fingerprint density at radius 3 is 2.25 bits per heavy atom. The molecule has 0 saturated carbocycles. The molecule has 4 heterocycles. The third-order valence-electron chi connectivity index (χ3n) is 4.30. The lowest BCUT2D eigenvalue weighted by molar-refractivity contribution is -0.173. The molecule has 3 atom stereocenters. The molecule has 4 saturated heterocycles. The molecule has 0 radical (unpaired) electrons. The van der Waals surface area contributed by atoms with E-state index in [9.17, 15) is 4.79 Å². The predicted molar refractivity (Wildman–Crippen MR) is 60.0 cm³/mol. The quantitative estimate of drug-likeness (QED) is 0.595. The fraction of sp³-hybridized carbons (Fsp3) is 0.917. The molecular weight excluding hydrogens is 204 g/mol. The van der Waals surface area contributed by atoms with Gasteiger partial charge in [-0.15, -0.1) is 0 Å². The number of hydrogen-bond donors (Lipinski definition) is 0.